The van der Waals surface area contributed by atoms with Crippen molar-refractivity contribution in [2.75, 3.05) is 11.9 Å². The van der Waals surface area contributed by atoms with Gasteiger partial charge in [0.2, 0.25) is 17.7 Å². The summed E-state index contributed by atoms with van der Waals surface area (Å²) in [5.74, 6) is 2.30. The maximum Gasteiger partial charge on any atom is 0.235 e. The second kappa shape index (κ2) is 11.6. The van der Waals surface area contributed by atoms with Crippen LogP contribution in [0.4, 0.5) is 5.95 Å². The minimum Gasteiger partial charge on any atom is -0.439 e. The Kier molecular flexibility index (Phi) is 7.81. The first-order valence-corrected chi connectivity index (χ1v) is 11.1. The lowest BCUT2D eigenvalue weighted by atomic mass is 10.1. The fourth-order valence-corrected chi connectivity index (χ4v) is 3.26. The van der Waals surface area contributed by atoms with Crippen LogP contribution in [0.2, 0.25) is 0 Å². The standard InChI is InChI=1S/C26H24N4O2S/c33-26(27-18-10-13-20-11-4-1-5-12-20)30-25-28-23(31-21-14-6-2-7-15-21)19-24(29-25)32-22-16-8-3-9-17-22/h1-9,11-12,14-17,19H,10,13,18H2,(H2,27,28,29,30,33). The third kappa shape index (κ3) is 7.29. The van der Waals surface area contributed by atoms with Gasteiger partial charge in [-0.05, 0) is 54.9 Å². The summed E-state index contributed by atoms with van der Waals surface area (Å²) in [7, 11) is 0. The number of nitrogens with zero attached hydrogens (tertiary/aromatic N) is 2. The van der Waals surface area contributed by atoms with Gasteiger partial charge in [-0.1, -0.05) is 66.7 Å². The highest BCUT2D eigenvalue weighted by Crippen LogP contribution is 2.27. The normalized spacial score (nSPS) is 10.3. The third-order valence-corrected chi connectivity index (χ3v) is 4.85. The van der Waals surface area contributed by atoms with E-state index in [9.17, 15) is 0 Å². The van der Waals surface area contributed by atoms with Gasteiger partial charge in [-0.2, -0.15) is 9.97 Å². The van der Waals surface area contributed by atoms with E-state index in [2.05, 4.69) is 32.7 Å². The van der Waals surface area contributed by atoms with Crippen LogP contribution in [0, 0.1) is 0 Å². The van der Waals surface area contributed by atoms with Crippen molar-refractivity contribution < 1.29 is 9.47 Å². The Labute approximate surface area is 198 Å². The molecule has 166 valence electrons. The average molecular weight is 457 g/mol. The zero-order valence-electron chi connectivity index (χ0n) is 18.0. The Morgan fingerprint density at radius 3 is 1.79 bits per heavy atom. The average Bonchev–Trinajstić information content (AvgIpc) is 2.84. The summed E-state index contributed by atoms with van der Waals surface area (Å²) in [6, 6.07) is 30.8. The predicted molar refractivity (Wildman–Crippen MR) is 134 cm³/mol. The van der Waals surface area contributed by atoms with Crippen LogP contribution in [0.25, 0.3) is 0 Å². The predicted octanol–water partition coefficient (Wildman–Crippen LogP) is 5.98. The SMILES string of the molecule is S=C(NCCCc1ccccc1)Nc1nc(Oc2ccccc2)cc(Oc2ccccc2)n1. The molecule has 1 heterocycles. The van der Waals surface area contributed by atoms with Gasteiger partial charge in [0.1, 0.15) is 11.5 Å². The minimum atomic E-state index is 0.287. The van der Waals surface area contributed by atoms with E-state index in [0.29, 0.717) is 28.4 Å². The molecule has 0 unspecified atom stereocenters. The molecule has 0 aliphatic rings. The Morgan fingerprint density at radius 2 is 1.24 bits per heavy atom. The van der Waals surface area contributed by atoms with E-state index in [4.69, 9.17) is 21.7 Å². The molecule has 0 spiro atoms. The molecule has 6 nitrogen and oxygen atoms in total. The summed E-state index contributed by atoms with van der Waals surface area (Å²) in [5, 5.41) is 6.67. The number of aromatic nitrogens is 2. The minimum absolute atomic E-state index is 0.287. The van der Waals surface area contributed by atoms with E-state index in [1.165, 1.54) is 5.56 Å². The van der Waals surface area contributed by atoms with Crippen molar-refractivity contribution >= 4 is 23.3 Å². The molecule has 0 aliphatic carbocycles. The molecular weight excluding hydrogens is 432 g/mol. The number of anilines is 1. The van der Waals surface area contributed by atoms with Gasteiger partial charge in [0.25, 0.3) is 0 Å². The number of aryl methyl sites for hydroxylation is 1. The molecule has 2 N–H and O–H groups in total. The van der Waals surface area contributed by atoms with Crippen molar-refractivity contribution in [2.24, 2.45) is 0 Å². The Balaban J connectivity index is 1.41. The lowest BCUT2D eigenvalue weighted by Crippen LogP contribution is -2.30. The molecule has 0 saturated carbocycles. The number of thiocarbonyl (C=S) groups is 1. The molecule has 3 aromatic carbocycles. The lowest BCUT2D eigenvalue weighted by Gasteiger charge is -2.13. The number of hydrogen-bond donors (Lipinski definition) is 2. The van der Waals surface area contributed by atoms with E-state index in [0.717, 1.165) is 19.4 Å². The van der Waals surface area contributed by atoms with Crippen molar-refractivity contribution in [1.82, 2.24) is 15.3 Å². The van der Waals surface area contributed by atoms with Crippen LogP contribution < -0.4 is 20.1 Å². The largest absolute Gasteiger partial charge is 0.439 e. The molecule has 0 bridgehead atoms. The molecule has 0 amide bonds. The zero-order valence-corrected chi connectivity index (χ0v) is 18.8. The smallest absolute Gasteiger partial charge is 0.235 e. The fourth-order valence-electron chi connectivity index (χ4n) is 3.07. The number of ether oxygens (including phenoxy) is 2. The van der Waals surface area contributed by atoms with Gasteiger partial charge in [-0.15, -0.1) is 0 Å². The van der Waals surface area contributed by atoms with Gasteiger partial charge in [-0.25, -0.2) is 0 Å². The van der Waals surface area contributed by atoms with Crippen LogP contribution >= 0.6 is 12.2 Å². The van der Waals surface area contributed by atoms with Gasteiger partial charge in [-0.3, -0.25) is 0 Å². The first-order valence-electron chi connectivity index (χ1n) is 10.7. The molecule has 0 fully saturated rings. The van der Waals surface area contributed by atoms with Crippen LogP contribution in [0.3, 0.4) is 0 Å². The molecule has 4 rings (SSSR count). The monoisotopic (exact) mass is 456 g/mol. The van der Waals surface area contributed by atoms with Gasteiger partial charge in [0.15, 0.2) is 5.11 Å². The number of para-hydroxylation sites is 2. The quantitative estimate of drug-likeness (QED) is 0.237. The maximum absolute atomic E-state index is 5.89. The lowest BCUT2D eigenvalue weighted by molar-refractivity contribution is 0.435. The van der Waals surface area contributed by atoms with Crippen LogP contribution in [0.1, 0.15) is 12.0 Å². The number of benzene rings is 3. The molecule has 0 saturated heterocycles. The highest BCUT2D eigenvalue weighted by molar-refractivity contribution is 7.80. The van der Waals surface area contributed by atoms with Crippen LogP contribution in [0.5, 0.6) is 23.3 Å². The van der Waals surface area contributed by atoms with E-state index in [1.54, 1.807) is 6.07 Å². The first kappa shape index (κ1) is 22.2. The number of rotatable bonds is 9. The second-order valence-corrected chi connectivity index (χ2v) is 7.58. The topological polar surface area (TPSA) is 68.3 Å². The second-order valence-electron chi connectivity index (χ2n) is 7.17. The zero-order chi connectivity index (χ0) is 22.7. The third-order valence-electron chi connectivity index (χ3n) is 4.61. The molecular formula is C26H24N4O2S. The number of hydrogen-bond acceptors (Lipinski definition) is 5. The fraction of sp³-hybridized carbons (Fsp3) is 0.115. The van der Waals surface area contributed by atoms with Crippen LogP contribution in [-0.4, -0.2) is 21.6 Å². The van der Waals surface area contributed by atoms with Gasteiger partial charge in [0, 0.05) is 6.54 Å². The summed E-state index contributed by atoms with van der Waals surface area (Å²) in [6.45, 7) is 0.730. The molecule has 4 aromatic rings. The van der Waals surface area contributed by atoms with Crippen molar-refractivity contribution in [2.45, 2.75) is 12.8 Å². The highest BCUT2D eigenvalue weighted by Gasteiger charge is 2.10. The molecule has 0 aliphatic heterocycles. The summed E-state index contributed by atoms with van der Waals surface area (Å²) in [6.07, 6.45) is 1.93. The summed E-state index contributed by atoms with van der Waals surface area (Å²) in [5.41, 5.74) is 1.30. The highest BCUT2D eigenvalue weighted by atomic mass is 32.1. The van der Waals surface area contributed by atoms with Crippen molar-refractivity contribution in [3.05, 3.63) is 103 Å². The van der Waals surface area contributed by atoms with Crippen molar-refractivity contribution in [3.63, 3.8) is 0 Å². The Morgan fingerprint density at radius 1 is 0.727 bits per heavy atom. The van der Waals surface area contributed by atoms with E-state index >= 15 is 0 Å². The number of nitrogens with one attached hydrogen (secondary N) is 2. The van der Waals surface area contributed by atoms with Crippen LogP contribution in [-0.2, 0) is 6.42 Å². The Hall–Kier alpha value is -3.97. The Bertz CT molecular complexity index is 1100. The summed E-state index contributed by atoms with van der Waals surface area (Å²) < 4.78 is 11.8. The van der Waals surface area contributed by atoms with E-state index < -0.39 is 0 Å². The van der Waals surface area contributed by atoms with Crippen molar-refractivity contribution in [3.8, 4) is 23.3 Å². The molecule has 7 heteroatoms. The summed E-state index contributed by atoms with van der Waals surface area (Å²) in [4.78, 5) is 8.87. The molecule has 33 heavy (non-hydrogen) atoms. The molecule has 0 atom stereocenters. The van der Waals surface area contributed by atoms with E-state index in [-0.39, 0.29) is 5.95 Å². The van der Waals surface area contributed by atoms with Crippen molar-refractivity contribution in [1.29, 1.82) is 0 Å². The van der Waals surface area contributed by atoms with Crippen LogP contribution in [0.15, 0.2) is 97.1 Å². The van der Waals surface area contributed by atoms with Gasteiger partial charge < -0.3 is 20.1 Å². The molecule has 0 radical (unpaired) electrons. The first-order chi connectivity index (χ1) is 16.2. The maximum atomic E-state index is 5.89. The van der Waals surface area contributed by atoms with Gasteiger partial charge >= 0.3 is 0 Å². The van der Waals surface area contributed by atoms with Gasteiger partial charge in [0.05, 0.1) is 6.07 Å². The summed E-state index contributed by atoms with van der Waals surface area (Å²) >= 11 is 5.43. The van der Waals surface area contributed by atoms with E-state index in [1.807, 2.05) is 78.9 Å². The molecule has 1 aromatic heterocycles.